The number of carbonyl (C=O) groups excluding carboxylic acids is 2. The number of aromatic hydroxyl groups is 2. The average molecular weight is 422 g/mol. The Morgan fingerprint density at radius 2 is 1.23 bits per heavy atom. The quantitative estimate of drug-likeness (QED) is 0.202. The molecule has 0 fully saturated rings. The Hall–Kier alpha value is -3.82. The molecule has 2 aromatic heterocycles. The molecular formula is C22H22N4O5. The van der Waals surface area contributed by atoms with E-state index in [4.69, 9.17) is 16.2 Å². The second kappa shape index (κ2) is 8.13. The van der Waals surface area contributed by atoms with Crippen molar-refractivity contribution in [3.05, 3.63) is 59.9 Å². The number of hydrogen-bond acceptors (Lipinski definition) is 7. The molecule has 160 valence electrons. The van der Waals surface area contributed by atoms with Crippen LogP contribution in [0.25, 0.3) is 21.8 Å². The highest BCUT2D eigenvalue weighted by atomic mass is 16.6. The third-order valence-electron chi connectivity index (χ3n) is 5.19. The number of nitrogens with two attached hydrogens (primary N) is 2. The molecule has 0 saturated heterocycles. The fourth-order valence-electron chi connectivity index (χ4n) is 3.56. The van der Waals surface area contributed by atoms with E-state index in [0.717, 1.165) is 21.8 Å². The first-order valence-electron chi connectivity index (χ1n) is 9.66. The van der Waals surface area contributed by atoms with Crippen molar-refractivity contribution in [2.24, 2.45) is 11.5 Å². The number of fused-ring (bicyclic) bond motifs is 2. The van der Waals surface area contributed by atoms with E-state index >= 15 is 0 Å². The number of H-pyrrole nitrogens is 2. The number of hydrogen-bond donors (Lipinski definition) is 6. The van der Waals surface area contributed by atoms with Gasteiger partial charge >= 0.3 is 11.9 Å². The molecule has 2 atom stereocenters. The lowest BCUT2D eigenvalue weighted by molar-refractivity contribution is -0.161. The Morgan fingerprint density at radius 1 is 0.806 bits per heavy atom. The molecule has 2 heterocycles. The zero-order chi connectivity index (χ0) is 22.1. The van der Waals surface area contributed by atoms with Crippen molar-refractivity contribution in [3.63, 3.8) is 0 Å². The largest absolute Gasteiger partial charge is 0.508 e. The number of rotatable bonds is 6. The predicted molar refractivity (Wildman–Crippen MR) is 114 cm³/mol. The van der Waals surface area contributed by atoms with Gasteiger partial charge in [-0.3, -0.25) is 0 Å². The summed E-state index contributed by atoms with van der Waals surface area (Å²) < 4.78 is 4.90. The molecule has 9 heteroatoms. The van der Waals surface area contributed by atoms with Gasteiger partial charge in [-0.05, 0) is 47.5 Å². The van der Waals surface area contributed by atoms with Crippen molar-refractivity contribution < 1.29 is 24.5 Å². The topological polar surface area (TPSA) is 167 Å². The second-order valence-corrected chi connectivity index (χ2v) is 7.45. The molecular weight excluding hydrogens is 400 g/mol. The van der Waals surface area contributed by atoms with E-state index in [9.17, 15) is 19.8 Å². The Balaban J connectivity index is 1.39. The molecule has 9 nitrogen and oxygen atoms in total. The third-order valence-corrected chi connectivity index (χ3v) is 5.19. The number of benzene rings is 2. The van der Waals surface area contributed by atoms with Crippen LogP contribution in [0.4, 0.5) is 0 Å². The molecule has 0 aliphatic rings. The van der Waals surface area contributed by atoms with Crippen molar-refractivity contribution in [1.29, 1.82) is 0 Å². The maximum absolute atomic E-state index is 12.3. The molecule has 31 heavy (non-hydrogen) atoms. The van der Waals surface area contributed by atoms with Crippen LogP contribution in [0.2, 0.25) is 0 Å². The van der Waals surface area contributed by atoms with Crippen LogP contribution in [0.15, 0.2) is 48.8 Å². The third kappa shape index (κ3) is 4.23. The number of ether oxygens (including phenoxy) is 1. The van der Waals surface area contributed by atoms with Gasteiger partial charge in [0.15, 0.2) is 0 Å². The van der Waals surface area contributed by atoms with Crippen LogP contribution in [-0.2, 0) is 27.2 Å². The van der Waals surface area contributed by atoms with Gasteiger partial charge in [0, 0.05) is 47.0 Å². The summed E-state index contributed by atoms with van der Waals surface area (Å²) >= 11 is 0. The molecule has 0 spiro atoms. The summed E-state index contributed by atoms with van der Waals surface area (Å²) in [6.45, 7) is 0. The Labute approximate surface area is 176 Å². The number of phenolic OH excluding ortho intramolecular Hbond substituents is 2. The first kappa shape index (κ1) is 20.5. The lowest BCUT2D eigenvalue weighted by atomic mass is 10.0. The second-order valence-electron chi connectivity index (χ2n) is 7.45. The molecule has 0 radical (unpaired) electrons. The van der Waals surface area contributed by atoms with E-state index in [-0.39, 0.29) is 24.3 Å². The number of nitrogens with one attached hydrogen (secondary N) is 2. The highest BCUT2D eigenvalue weighted by Gasteiger charge is 2.25. The maximum Gasteiger partial charge on any atom is 0.330 e. The molecule has 0 aliphatic carbocycles. The normalized spacial score (nSPS) is 13.4. The summed E-state index contributed by atoms with van der Waals surface area (Å²) in [5, 5.41) is 20.8. The van der Waals surface area contributed by atoms with E-state index in [1.807, 2.05) is 0 Å². The fourth-order valence-corrected chi connectivity index (χ4v) is 3.56. The van der Waals surface area contributed by atoms with Crippen LogP contribution in [0, 0.1) is 0 Å². The van der Waals surface area contributed by atoms with E-state index in [2.05, 4.69) is 9.97 Å². The molecule has 0 aliphatic heterocycles. The Bertz CT molecular complexity index is 1180. The van der Waals surface area contributed by atoms with Crippen LogP contribution in [0.5, 0.6) is 11.5 Å². The molecule has 4 rings (SSSR count). The fraction of sp³-hybridized carbons (Fsp3) is 0.182. The summed E-state index contributed by atoms with van der Waals surface area (Å²) in [5.74, 6) is -1.58. The average Bonchev–Trinajstić information content (AvgIpc) is 3.31. The lowest BCUT2D eigenvalue weighted by Crippen LogP contribution is -2.41. The number of phenols is 2. The summed E-state index contributed by atoms with van der Waals surface area (Å²) in [6.07, 6.45) is 3.62. The van der Waals surface area contributed by atoms with Crippen LogP contribution in [-0.4, -0.2) is 44.2 Å². The van der Waals surface area contributed by atoms with Crippen molar-refractivity contribution in [3.8, 4) is 11.5 Å². The molecule has 8 N–H and O–H groups in total. The van der Waals surface area contributed by atoms with E-state index < -0.39 is 24.0 Å². The maximum atomic E-state index is 12.3. The standard InChI is InChI=1S/C22H22N4O5/c23-17(5-11-9-25-19-3-1-13(27)7-15(11)19)21(29)31-22(30)18(24)6-12-10-26-20-4-2-14(28)8-16(12)20/h1-4,7-10,17-18,25-28H,5-6,23-24H2/t17-,18?/m0/s1. The summed E-state index contributed by atoms with van der Waals surface area (Å²) in [6, 6.07) is 7.50. The molecule has 1 unspecified atom stereocenters. The number of aromatic amines is 2. The van der Waals surface area contributed by atoms with Crippen LogP contribution in [0.3, 0.4) is 0 Å². The number of aromatic nitrogens is 2. The minimum atomic E-state index is -1.08. The Kier molecular flexibility index (Phi) is 5.37. The highest BCUT2D eigenvalue weighted by molar-refractivity contribution is 5.92. The highest BCUT2D eigenvalue weighted by Crippen LogP contribution is 2.25. The number of carbonyl (C=O) groups is 2. The summed E-state index contributed by atoms with van der Waals surface area (Å²) in [7, 11) is 0. The van der Waals surface area contributed by atoms with Crippen molar-refractivity contribution in [1.82, 2.24) is 9.97 Å². The van der Waals surface area contributed by atoms with Crippen LogP contribution in [0.1, 0.15) is 11.1 Å². The zero-order valence-electron chi connectivity index (χ0n) is 16.5. The molecule has 0 saturated carbocycles. The molecule has 4 aromatic rings. The summed E-state index contributed by atoms with van der Waals surface area (Å²) in [4.78, 5) is 30.7. The van der Waals surface area contributed by atoms with Gasteiger partial charge in [0.1, 0.15) is 23.6 Å². The van der Waals surface area contributed by atoms with E-state index in [1.165, 1.54) is 0 Å². The molecule has 0 bridgehead atoms. The van der Waals surface area contributed by atoms with Gasteiger partial charge in [-0.1, -0.05) is 0 Å². The zero-order valence-corrected chi connectivity index (χ0v) is 16.5. The van der Waals surface area contributed by atoms with E-state index in [0.29, 0.717) is 11.1 Å². The Morgan fingerprint density at radius 3 is 1.65 bits per heavy atom. The van der Waals surface area contributed by atoms with Crippen molar-refractivity contribution in [2.75, 3.05) is 0 Å². The van der Waals surface area contributed by atoms with Crippen LogP contribution < -0.4 is 11.5 Å². The minimum Gasteiger partial charge on any atom is -0.508 e. The predicted octanol–water partition coefficient (Wildman–Crippen LogP) is 1.57. The lowest BCUT2D eigenvalue weighted by Gasteiger charge is -2.13. The van der Waals surface area contributed by atoms with Gasteiger partial charge < -0.3 is 36.4 Å². The van der Waals surface area contributed by atoms with E-state index in [1.54, 1.807) is 48.8 Å². The van der Waals surface area contributed by atoms with Crippen molar-refractivity contribution >= 4 is 33.7 Å². The minimum absolute atomic E-state index is 0.0937. The van der Waals surface area contributed by atoms with Gasteiger partial charge in [-0.2, -0.15) is 0 Å². The van der Waals surface area contributed by atoms with Gasteiger partial charge in [-0.25, -0.2) is 9.59 Å². The summed E-state index contributed by atoms with van der Waals surface area (Å²) in [5.41, 5.74) is 14.9. The number of esters is 2. The van der Waals surface area contributed by atoms with Crippen molar-refractivity contribution in [2.45, 2.75) is 24.9 Å². The molecule has 0 amide bonds. The van der Waals surface area contributed by atoms with Gasteiger partial charge in [0.25, 0.3) is 0 Å². The monoisotopic (exact) mass is 422 g/mol. The van der Waals surface area contributed by atoms with Gasteiger partial charge in [0.05, 0.1) is 0 Å². The molecule has 2 aromatic carbocycles. The van der Waals surface area contributed by atoms with Gasteiger partial charge in [0.2, 0.25) is 0 Å². The first-order chi connectivity index (χ1) is 14.8. The first-order valence-corrected chi connectivity index (χ1v) is 9.66. The van der Waals surface area contributed by atoms with Gasteiger partial charge in [-0.15, -0.1) is 0 Å². The SMILES string of the molecule is NC(Cc1c[nH]c2ccc(O)cc12)C(=O)OC(=O)[C@@H](N)Cc1c[nH]c2ccc(O)cc12. The van der Waals surface area contributed by atoms with Crippen LogP contribution >= 0.6 is 0 Å². The smallest absolute Gasteiger partial charge is 0.330 e.